The summed E-state index contributed by atoms with van der Waals surface area (Å²) in [4.78, 5) is 0. The molecule has 0 aliphatic carbocycles. The fourth-order valence-electron chi connectivity index (χ4n) is 1.38. The minimum Gasteiger partial charge on any atom is -0.425 e. The molecular weight excluding hydrogens is 228 g/mol. The van der Waals surface area contributed by atoms with Gasteiger partial charge in [-0.05, 0) is 50.8 Å². The van der Waals surface area contributed by atoms with Crippen molar-refractivity contribution in [1.82, 2.24) is 0 Å². The maximum Gasteiger partial charge on any atom is 0.184 e. The third-order valence-electron chi connectivity index (χ3n) is 3.18. The first-order valence-electron chi connectivity index (χ1n) is 6.19. The van der Waals surface area contributed by atoms with E-state index in [9.17, 15) is 0 Å². The average molecular weight is 254 g/mol. The predicted octanol–water partition coefficient (Wildman–Crippen LogP) is 3.21. The maximum absolute atomic E-state index is 5.05. The van der Waals surface area contributed by atoms with Gasteiger partial charge in [0.25, 0.3) is 0 Å². The molecule has 17 heavy (non-hydrogen) atoms. The summed E-state index contributed by atoms with van der Waals surface area (Å²) in [5.41, 5.74) is 5.50. The van der Waals surface area contributed by atoms with Gasteiger partial charge >= 0.3 is 0 Å². The molecule has 0 aliphatic heterocycles. The molecule has 3 nitrogen and oxygen atoms in total. The lowest BCUT2D eigenvalue weighted by Crippen LogP contribution is -1.98. The summed E-state index contributed by atoms with van der Waals surface area (Å²) in [5.74, 6) is 0. The smallest absolute Gasteiger partial charge is 0.184 e. The van der Waals surface area contributed by atoms with Crippen molar-refractivity contribution in [3.8, 4) is 0 Å². The first kappa shape index (κ1) is 16.3. The van der Waals surface area contributed by atoms with Crippen LogP contribution in [0.4, 0.5) is 0 Å². The van der Waals surface area contributed by atoms with Crippen LogP contribution in [0.15, 0.2) is 32.5 Å². The Morgan fingerprint density at radius 2 is 1.59 bits per heavy atom. The quantitative estimate of drug-likeness (QED) is 0.297. The van der Waals surface area contributed by atoms with Gasteiger partial charge in [-0.1, -0.05) is 12.5 Å². The fourth-order valence-corrected chi connectivity index (χ4v) is 1.79. The highest BCUT2D eigenvalue weighted by Crippen LogP contribution is 2.19. The number of rotatable bonds is 7. The summed E-state index contributed by atoms with van der Waals surface area (Å²) in [6.07, 6.45) is 1.89. The van der Waals surface area contributed by atoms with Crippen molar-refractivity contribution in [1.29, 1.82) is 0 Å². The molecule has 0 rings (SSSR count). The zero-order chi connectivity index (χ0) is 13.3. The normalized spacial score (nSPS) is 15.6. The van der Waals surface area contributed by atoms with Gasteiger partial charge in [-0.15, -0.1) is 0 Å². The maximum atomic E-state index is 5.05. The van der Waals surface area contributed by atoms with Crippen molar-refractivity contribution in [3.63, 3.8) is 0 Å². The lowest BCUT2D eigenvalue weighted by Gasteiger charge is -2.09. The second kappa shape index (κ2) is 9.30. The Hall–Kier alpha value is -0.743. The standard InChI is InChI=1S/C13H26N2OSi/c1-7-10(2)12(4)13(5)11(3)8-14-15-9-17-16-6/h7-9,17H2,1-6H3/b12-10+,13-11+,15-14?. The molecule has 0 atom stereocenters. The van der Waals surface area contributed by atoms with Gasteiger partial charge in [-0.25, -0.2) is 0 Å². The second-order valence-electron chi connectivity index (χ2n) is 4.32. The molecule has 0 unspecified atom stereocenters. The summed E-state index contributed by atoms with van der Waals surface area (Å²) < 4.78 is 5.05. The average Bonchev–Trinajstić information content (AvgIpc) is 2.35. The molecule has 0 fully saturated rings. The van der Waals surface area contributed by atoms with Crippen molar-refractivity contribution in [2.24, 2.45) is 10.2 Å². The van der Waals surface area contributed by atoms with Gasteiger partial charge in [0.1, 0.15) is 0 Å². The summed E-state index contributed by atoms with van der Waals surface area (Å²) in [6.45, 7) is 11.6. The van der Waals surface area contributed by atoms with Gasteiger partial charge in [-0.3, -0.25) is 0 Å². The molecule has 0 spiro atoms. The molecule has 0 aromatic heterocycles. The Kier molecular flexibility index (Phi) is 8.90. The lowest BCUT2D eigenvalue weighted by atomic mass is 9.98. The highest BCUT2D eigenvalue weighted by Gasteiger charge is 2.01. The van der Waals surface area contributed by atoms with Gasteiger partial charge in [0.15, 0.2) is 9.76 Å². The van der Waals surface area contributed by atoms with Crippen LogP contribution in [0, 0.1) is 0 Å². The molecule has 0 radical (unpaired) electrons. The van der Waals surface area contributed by atoms with Crippen LogP contribution in [0.2, 0.25) is 0 Å². The first-order valence-corrected chi connectivity index (χ1v) is 7.77. The van der Waals surface area contributed by atoms with Crippen LogP contribution in [0.1, 0.15) is 41.0 Å². The Morgan fingerprint density at radius 1 is 1.00 bits per heavy atom. The Morgan fingerprint density at radius 3 is 2.12 bits per heavy atom. The molecule has 0 heterocycles. The fraction of sp³-hybridized carbons (Fsp3) is 0.692. The third kappa shape index (κ3) is 6.53. The lowest BCUT2D eigenvalue weighted by molar-refractivity contribution is 0.441. The molecule has 0 aromatic rings. The van der Waals surface area contributed by atoms with Crippen LogP contribution in [0.5, 0.6) is 0 Å². The number of hydrogen-bond donors (Lipinski definition) is 0. The molecule has 0 aliphatic rings. The Bertz CT molecular complexity index is 319. The molecule has 4 heteroatoms. The van der Waals surface area contributed by atoms with Crippen LogP contribution in [0.3, 0.4) is 0 Å². The molecule has 98 valence electrons. The largest absolute Gasteiger partial charge is 0.425 e. The molecule has 0 saturated carbocycles. The van der Waals surface area contributed by atoms with Crippen molar-refractivity contribution >= 4 is 9.76 Å². The number of hydrogen-bond acceptors (Lipinski definition) is 3. The van der Waals surface area contributed by atoms with Crippen LogP contribution in [-0.2, 0) is 4.43 Å². The SMILES string of the molecule is CC/C(C)=C(C)/C(C)=C(\C)CN=NC[SiH2]OC. The molecule has 0 aromatic carbocycles. The van der Waals surface area contributed by atoms with Gasteiger partial charge in [-0.2, -0.15) is 10.2 Å². The van der Waals surface area contributed by atoms with Crippen LogP contribution >= 0.6 is 0 Å². The molecule has 0 saturated heterocycles. The highest BCUT2D eigenvalue weighted by molar-refractivity contribution is 6.27. The predicted molar refractivity (Wildman–Crippen MR) is 77.2 cm³/mol. The van der Waals surface area contributed by atoms with Crippen molar-refractivity contribution in [2.45, 2.75) is 41.0 Å². The Labute approximate surface area is 108 Å². The van der Waals surface area contributed by atoms with E-state index in [0.717, 1.165) is 12.6 Å². The topological polar surface area (TPSA) is 34.0 Å². The van der Waals surface area contributed by atoms with Gasteiger partial charge in [0.2, 0.25) is 0 Å². The zero-order valence-corrected chi connectivity index (χ0v) is 13.5. The zero-order valence-electron chi connectivity index (χ0n) is 12.1. The molecular formula is C13H26N2OSi. The van der Waals surface area contributed by atoms with Crippen LogP contribution in [-0.4, -0.2) is 29.6 Å². The minimum atomic E-state index is -0.461. The van der Waals surface area contributed by atoms with Crippen molar-refractivity contribution in [3.05, 3.63) is 22.3 Å². The van der Waals surface area contributed by atoms with E-state index in [2.05, 4.69) is 44.8 Å². The second-order valence-corrected chi connectivity index (χ2v) is 5.75. The summed E-state index contributed by atoms with van der Waals surface area (Å²) >= 11 is 0. The van der Waals surface area contributed by atoms with E-state index in [1.165, 1.54) is 22.3 Å². The third-order valence-corrected chi connectivity index (χ3v) is 3.97. The number of allylic oxidation sites excluding steroid dienone is 3. The van der Waals surface area contributed by atoms with Gasteiger partial charge in [0.05, 0.1) is 12.7 Å². The van der Waals surface area contributed by atoms with E-state index in [-0.39, 0.29) is 0 Å². The highest BCUT2D eigenvalue weighted by atomic mass is 28.2. The van der Waals surface area contributed by atoms with Crippen molar-refractivity contribution < 1.29 is 4.43 Å². The monoisotopic (exact) mass is 254 g/mol. The minimum absolute atomic E-state index is 0.461. The van der Waals surface area contributed by atoms with Crippen LogP contribution in [0.25, 0.3) is 0 Å². The Balaban J connectivity index is 4.46. The van der Waals surface area contributed by atoms with E-state index in [0.29, 0.717) is 6.54 Å². The van der Waals surface area contributed by atoms with Gasteiger partial charge < -0.3 is 4.43 Å². The molecule has 0 N–H and O–H groups in total. The van der Waals surface area contributed by atoms with E-state index in [1.807, 2.05) is 0 Å². The molecule has 0 bridgehead atoms. The van der Waals surface area contributed by atoms with E-state index < -0.39 is 9.76 Å². The van der Waals surface area contributed by atoms with Gasteiger partial charge in [0, 0.05) is 7.11 Å². The first-order chi connectivity index (χ1) is 8.04. The van der Waals surface area contributed by atoms with E-state index in [4.69, 9.17) is 4.43 Å². The van der Waals surface area contributed by atoms with Crippen molar-refractivity contribution in [2.75, 3.05) is 19.8 Å². The summed E-state index contributed by atoms with van der Waals surface area (Å²) in [7, 11) is 1.27. The molecule has 0 amide bonds. The number of nitrogens with zero attached hydrogens (tertiary/aromatic N) is 2. The summed E-state index contributed by atoms with van der Waals surface area (Å²) in [5, 5.41) is 8.32. The number of azo groups is 1. The van der Waals surface area contributed by atoms with Crippen LogP contribution < -0.4 is 0 Å². The summed E-state index contributed by atoms with van der Waals surface area (Å²) in [6, 6.07) is 0. The van der Waals surface area contributed by atoms with E-state index >= 15 is 0 Å². The van der Waals surface area contributed by atoms with E-state index in [1.54, 1.807) is 7.11 Å².